The van der Waals surface area contributed by atoms with Crippen LogP contribution in [-0.2, 0) is 33.4 Å². The second kappa shape index (κ2) is 9.67. The Bertz CT molecular complexity index is 1200. The van der Waals surface area contributed by atoms with Crippen molar-refractivity contribution in [2.45, 2.75) is 30.0 Å². The third kappa shape index (κ3) is 5.26. The van der Waals surface area contributed by atoms with Gasteiger partial charge in [0.05, 0.1) is 10.6 Å². The molecule has 166 valence electrons. The van der Waals surface area contributed by atoms with Gasteiger partial charge < -0.3 is 10.2 Å². The third-order valence-electron chi connectivity index (χ3n) is 5.46. The Morgan fingerprint density at radius 3 is 2.50 bits per heavy atom. The van der Waals surface area contributed by atoms with Crippen molar-refractivity contribution in [3.05, 3.63) is 87.6 Å². The molecule has 0 fully saturated rings. The molecule has 0 spiro atoms. The number of sulfone groups is 1. The second-order valence-corrected chi connectivity index (χ2v) is 10.7. The first-order valence-electron chi connectivity index (χ1n) is 10.4. The molecule has 0 bridgehead atoms. The summed E-state index contributed by atoms with van der Waals surface area (Å²) >= 11 is 1.73. The van der Waals surface area contributed by atoms with Crippen LogP contribution in [0.2, 0.25) is 0 Å². The number of thiophene rings is 1. The van der Waals surface area contributed by atoms with E-state index in [4.69, 9.17) is 0 Å². The SMILES string of the molecule is O=C(NCCC(=O)N1CCc2sccc2C1)c1ccc(CS(=O)(=O)c2ccccc2)cc1. The molecule has 1 N–H and O–H groups in total. The Kier molecular flexibility index (Phi) is 6.72. The van der Waals surface area contributed by atoms with Crippen LogP contribution in [-0.4, -0.2) is 38.2 Å². The number of hydrogen-bond acceptors (Lipinski definition) is 5. The van der Waals surface area contributed by atoms with Gasteiger partial charge >= 0.3 is 0 Å². The maximum absolute atomic E-state index is 12.5. The van der Waals surface area contributed by atoms with E-state index in [2.05, 4.69) is 16.8 Å². The normalized spacial score (nSPS) is 13.4. The largest absolute Gasteiger partial charge is 0.352 e. The molecule has 2 amide bonds. The molecule has 0 aliphatic carbocycles. The summed E-state index contributed by atoms with van der Waals surface area (Å²) in [4.78, 5) is 28.3. The summed E-state index contributed by atoms with van der Waals surface area (Å²) in [6.07, 6.45) is 1.13. The summed E-state index contributed by atoms with van der Waals surface area (Å²) in [5.74, 6) is -0.382. The topological polar surface area (TPSA) is 83.6 Å². The van der Waals surface area contributed by atoms with E-state index in [1.54, 1.807) is 65.9 Å². The zero-order chi connectivity index (χ0) is 22.6. The minimum Gasteiger partial charge on any atom is -0.352 e. The number of hydrogen-bond donors (Lipinski definition) is 1. The summed E-state index contributed by atoms with van der Waals surface area (Å²) in [7, 11) is -3.44. The monoisotopic (exact) mass is 468 g/mol. The van der Waals surface area contributed by atoms with Crippen LogP contribution in [0.15, 0.2) is 70.9 Å². The van der Waals surface area contributed by atoms with Gasteiger partial charge in [0.2, 0.25) is 5.91 Å². The highest BCUT2D eigenvalue weighted by atomic mass is 32.2. The van der Waals surface area contributed by atoms with Gasteiger partial charge in [-0.15, -0.1) is 11.3 Å². The van der Waals surface area contributed by atoms with Crippen LogP contribution in [0.25, 0.3) is 0 Å². The van der Waals surface area contributed by atoms with Gasteiger partial charge in [-0.25, -0.2) is 8.42 Å². The highest BCUT2D eigenvalue weighted by Gasteiger charge is 2.21. The molecular weight excluding hydrogens is 444 g/mol. The first-order chi connectivity index (χ1) is 15.4. The Morgan fingerprint density at radius 2 is 1.75 bits per heavy atom. The van der Waals surface area contributed by atoms with Crippen molar-refractivity contribution in [1.29, 1.82) is 0 Å². The number of rotatable bonds is 7. The highest BCUT2D eigenvalue weighted by molar-refractivity contribution is 7.90. The van der Waals surface area contributed by atoms with Crippen molar-refractivity contribution in [3.8, 4) is 0 Å². The molecule has 1 aromatic heterocycles. The molecule has 2 heterocycles. The van der Waals surface area contributed by atoms with Crippen LogP contribution in [0.5, 0.6) is 0 Å². The summed E-state index contributed by atoms with van der Waals surface area (Å²) in [5.41, 5.74) is 2.26. The molecule has 2 aromatic carbocycles. The molecule has 0 atom stereocenters. The van der Waals surface area contributed by atoms with Crippen molar-refractivity contribution in [2.75, 3.05) is 13.1 Å². The number of fused-ring (bicyclic) bond motifs is 1. The molecule has 32 heavy (non-hydrogen) atoms. The Morgan fingerprint density at radius 1 is 1.00 bits per heavy atom. The Balaban J connectivity index is 1.26. The van der Waals surface area contributed by atoms with Crippen LogP contribution in [0.3, 0.4) is 0 Å². The van der Waals surface area contributed by atoms with Crippen molar-refractivity contribution >= 4 is 33.0 Å². The van der Waals surface area contributed by atoms with Crippen molar-refractivity contribution in [1.82, 2.24) is 10.2 Å². The number of carbonyl (C=O) groups is 2. The molecule has 8 heteroatoms. The van der Waals surface area contributed by atoms with Crippen LogP contribution in [0.1, 0.15) is 32.8 Å². The molecule has 6 nitrogen and oxygen atoms in total. The zero-order valence-electron chi connectivity index (χ0n) is 17.5. The van der Waals surface area contributed by atoms with E-state index >= 15 is 0 Å². The summed E-state index contributed by atoms with van der Waals surface area (Å²) in [6, 6.07) is 16.9. The molecular formula is C24H24N2O4S2. The predicted octanol–water partition coefficient (Wildman–Crippen LogP) is 3.43. The lowest BCUT2D eigenvalue weighted by atomic mass is 10.1. The standard InChI is InChI=1S/C24H24N2O4S2/c27-23(26-14-11-22-20(16-26)12-15-31-22)10-13-25-24(28)19-8-6-18(7-9-19)17-32(29,30)21-4-2-1-3-5-21/h1-9,12,15H,10-11,13-14,16-17H2,(H,25,28). The predicted molar refractivity (Wildman–Crippen MR) is 124 cm³/mol. The van der Waals surface area contributed by atoms with Gasteiger partial charge in [-0.05, 0) is 53.3 Å². The number of nitrogens with zero attached hydrogens (tertiary/aromatic N) is 1. The van der Waals surface area contributed by atoms with Crippen molar-refractivity contribution in [3.63, 3.8) is 0 Å². The fourth-order valence-corrected chi connectivity index (χ4v) is 5.95. The fourth-order valence-electron chi connectivity index (χ4n) is 3.69. The highest BCUT2D eigenvalue weighted by Crippen LogP contribution is 2.24. The minimum atomic E-state index is -3.44. The molecule has 1 aliphatic heterocycles. The van der Waals surface area contributed by atoms with E-state index in [1.165, 1.54) is 10.4 Å². The minimum absolute atomic E-state index is 0.0311. The molecule has 0 saturated heterocycles. The maximum atomic E-state index is 12.5. The van der Waals surface area contributed by atoms with E-state index in [0.29, 0.717) is 24.2 Å². The van der Waals surface area contributed by atoms with Gasteiger partial charge in [-0.1, -0.05) is 30.3 Å². The van der Waals surface area contributed by atoms with Gasteiger partial charge in [0.15, 0.2) is 9.84 Å². The van der Waals surface area contributed by atoms with Gasteiger partial charge in [0.1, 0.15) is 0 Å². The van der Waals surface area contributed by atoms with E-state index in [9.17, 15) is 18.0 Å². The van der Waals surface area contributed by atoms with E-state index < -0.39 is 9.84 Å². The van der Waals surface area contributed by atoms with Gasteiger partial charge in [0, 0.05) is 36.5 Å². The van der Waals surface area contributed by atoms with Crippen LogP contribution in [0, 0.1) is 0 Å². The smallest absolute Gasteiger partial charge is 0.251 e. The van der Waals surface area contributed by atoms with Crippen molar-refractivity contribution in [2.24, 2.45) is 0 Å². The first kappa shape index (κ1) is 22.2. The molecule has 0 saturated carbocycles. The Hall–Kier alpha value is -2.97. The summed E-state index contributed by atoms with van der Waals surface area (Å²) in [5, 5.41) is 4.83. The van der Waals surface area contributed by atoms with E-state index in [0.717, 1.165) is 6.42 Å². The first-order valence-corrected chi connectivity index (χ1v) is 12.9. The summed E-state index contributed by atoms with van der Waals surface area (Å²) < 4.78 is 25.0. The second-order valence-electron chi connectivity index (χ2n) is 7.71. The van der Waals surface area contributed by atoms with Crippen LogP contribution in [0.4, 0.5) is 0 Å². The number of carbonyl (C=O) groups excluding carboxylic acids is 2. The molecule has 0 radical (unpaired) electrons. The van der Waals surface area contributed by atoms with E-state index in [-0.39, 0.29) is 35.4 Å². The lowest BCUT2D eigenvalue weighted by Gasteiger charge is -2.27. The van der Waals surface area contributed by atoms with Gasteiger partial charge in [-0.3, -0.25) is 9.59 Å². The number of nitrogens with one attached hydrogen (secondary N) is 1. The Labute approximate surface area is 191 Å². The average Bonchev–Trinajstić information content (AvgIpc) is 3.28. The van der Waals surface area contributed by atoms with Crippen LogP contribution >= 0.6 is 11.3 Å². The fraction of sp³-hybridized carbons (Fsp3) is 0.250. The molecule has 4 rings (SSSR count). The average molecular weight is 469 g/mol. The van der Waals surface area contributed by atoms with Crippen LogP contribution < -0.4 is 5.32 Å². The lowest BCUT2D eigenvalue weighted by Crippen LogP contribution is -2.37. The van der Waals surface area contributed by atoms with Gasteiger partial charge in [0.25, 0.3) is 5.91 Å². The zero-order valence-corrected chi connectivity index (χ0v) is 19.1. The molecule has 0 unspecified atom stereocenters. The maximum Gasteiger partial charge on any atom is 0.251 e. The molecule has 3 aromatic rings. The molecule has 1 aliphatic rings. The third-order valence-corrected chi connectivity index (χ3v) is 8.19. The summed E-state index contributed by atoms with van der Waals surface area (Å²) in [6.45, 7) is 1.61. The van der Waals surface area contributed by atoms with E-state index in [1.807, 2.05) is 4.90 Å². The van der Waals surface area contributed by atoms with Crippen molar-refractivity contribution < 1.29 is 18.0 Å². The number of amides is 2. The van der Waals surface area contributed by atoms with Gasteiger partial charge in [-0.2, -0.15) is 0 Å². The quantitative estimate of drug-likeness (QED) is 0.576. The number of benzene rings is 2. The lowest BCUT2D eigenvalue weighted by molar-refractivity contribution is -0.131.